The second-order valence-corrected chi connectivity index (χ2v) is 8.96. The van der Waals surface area contributed by atoms with Crippen LogP contribution in [-0.4, -0.2) is 36.7 Å². The molecule has 1 amide bonds. The van der Waals surface area contributed by atoms with Crippen LogP contribution in [0.5, 0.6) is 0 Å². The summed E-state index contributed by atoms with van der Waals surface area (Å²) in [6, 6.07) is 11.7. The second kappa shape index (κ2) is 10.5. The van der Waals surface area contributed by atoms with Crippen molar-refractivity contribution in [1.82, 2.24) is 30.0 Å². The molecule has 2 aromatic carbocycles. The summed E-state index contributed by atoms with van der Waals surface area (Å²) in [6.07, 6.45) is -1.56. The minimum atomic E-state index is -4.49. The Balaban J connectivity index is 1.41. The molecule has 13 heteroatoms. The summed E-state index contributed by atoms with van der Waals surface area (Å²) in [7, 11) is 1.86. The number of aryl methyl sites for hydroxylation is 2. The minimum absolute atomic E-state index is 0.0644. The molecule has 0 saturated carbocycles. The van der Waals surface area contributed by atoms with Crippen molar-refractivity contribution >= 4 is 35.5 Å². The van der Waals surface area contributed by atoms with Crippen molar-refractivity contribution in [3.05, 3.63) is 88.0 Å². The van der Waals surface area contributed by atoms with Crippen LogP contribution in [0.3, 0.4) is 0 Å². The molecule has 0 unspecified atom stereocenters. The Hall–Kier alpha value is -3.64. The summed E-state index contributed by atoms with van der Waals surface area (Å²) in [5.74, 6) is 0.234. The van der Waals surface area contributed by atoms with E-state index in [1.807, 2.05) is 23.7 Å². The lowest BCUT2D eigenvalue weighted by Crippen LogP contribution is -2.17. The first-order valence-electron chi connectivity index (χ1n) is 10.5. The fourth-order valence-corrected chi connectivity index (χ4v) is 4.33. The topological polar surface area (TPSA) is 90.0 Å². The number of carbonyl (C=O) groups excluding carboxylic acids is 1. The van der Waals surface area contributed by atoms with E-state index in [1.54, 1.807) is 25.4 Å². The third-order valence-corrected chi connectivity index (χ3v) is 6.55. The number of alkyl halides is 3. The third kappa shape index (κ3) is 5.77. The fraction of sp³-hybridized carbons (Fsp3) is 0.174. The molecule has 4 aromatic rings. The molecule has 2 aromatic heterocycles. The van der Waals surface area contributed by atoms with Crippen molar-refractivity contribution in [3.8, 4) is 5.69 Å². The van der Waals surface area contributed by atoms with E-state index in [9.17, 15) is 18.0 Å². The van der Waals surface area contributed by atoms with Gasteiger partial charge in [0.25, 0.3) is 5.91 Å². The molecule has 2 heterocycles. The molecule has 1 N–H and O–H groups in total. The Morgan fingerprint density at radius 2 is 1.97 bits per heavy atom. The van der Waals surface area contributed by atoms with Crippen molar-refractivity contribution in [1.29, 1.82) is 0 Å². The lowest BCUT2D eigenvalue weighted by Gasteiger charge is -2.09. The number of hydrogen-bond acceptors (Lipinski definition) is 6. The number of amides is 1. The maximum atomic E-state index is 13.1. The van der Waals surface area contributed by atoms with E-state index in [-0.39, 0.29) is 10.8 Å². The number of hydrazone groups is 1. The van der Waals surface area contributed by atoms with Gasteiger partial charge in [-0.05, 0) is 42.8 Å². The largest absolute Gasteiger partial charge is 0.416 e. The zero-order valence-electron chi connectivity index (χ0n) is 19.0. The van der Waals surface area contributed by atoms with E-state index >= 15 is 0 Å². The van der Waals surface area contributed by atoms with E-state index in [0.717, 1.165) is 22.9 Å². The van der Waals surface area contributed by atoms with Crippen LogP contribution < -0.4 is 5.43 Å². The molecule has 0 atom stereocenters. The maximum absolute atomic E-state index is 13.1. The summed E-state index contributed by atoms with van der Waals surface area (Å²) >= 11 is 7.89. The number of benzene rings is 2. The molecule has 0 fully saturated rings. The second-order valence-electron chi connectivity index (χ2n) is 7.66. The van der Waals surface area contributed by atoms with Crippen LogP contribution in [0.15, 0.2) is 65.1 Å². The summed E-state index contributed by atoms with van der Waals surface area (Å²) in [5, 5.41) is 16.9. The number of rotatable bonds is 7. The monoisotopic (exact) mass is 533 g/mol. The van der Waals surface area contributed by atoms with E-state index < -0.39 is 17.6 Å². The van der Waals surface area contributed by atoms with Gasteiger partial charge in [-0.25, -0.2) is 10.1 Å². The van der Waals surface area contributed by atoms with Crippen LogP contribution in [0.1, 0.15) is 32.7 Å². The van der Waals surface area contributed by atoms with Crippen LogP contribution in [0.25, 0.3) is 5.69 Å². The summed E-state index contributed by atoms with van der Waals surface area (Å²) < 4.78 is 42.2. The van der Waals surface area contributed by atoms with Gasteiger partial charge in [0.1, 0.15) is 11.5 Å². The molecule has 0 bridgehead atoms. The van der Waals surface area contributed by atoms with Crippen LogP contribution >= 0.6 is 23.4 Å². The van der Waals surface area contributed by atoms with Gasteiger partial charge in [0.2, 0.25) is 0 Å². The first kappa shape index (κ1) is 25.5. The van der Waals surface area contributed by atoms with Gasteiger partial charge in [-0.15, -0.1) is 10.2 Å². The summed E-state index contributed by atoms with van der Waals surface area (Å²) in [6.45, 7) is 1.64. The van der Waals surface area contributed by atoms with Gasteiger partial charge in [-0.3, -0.25) is 4.79 Å². The molecule has 0 spiro atoms. The van der Waals surface area contributed by atoms with Gasteiger partial charge >= 0.3 is 6.18 Å². The molecule has 8 nitrogen and oxygen atoms in total. The normalized spacial score (nSPS) is 11.8. The zero-order valence-corrected chi connectivity index (χ0v) is 20.6. The Labute approximate surface area is 213 Å². The first-order chi connectivity index (χ1) is 17.1. The predicted octanol–water partition coefficient (Wildman–Crippen LogP) is 5.04. The molecule has 36 heavy (non-hydrogen) atoms. The van der Waals surface area contributed by atoms with Crippen LogP contribution in [0, 0.1) is 6.92 Å². The average molecular weight is 534 g/mol. The van der Waals surface area contributed by atoms with Gasteiger partial charge in [0.15, 0.2) is 5.16 Å². The molecule has 0 aliphatic rings. The highest BCUT2D eigenvalue weighted by atomic mass is 35.5. The highest BCUT2D eigenvalue weighted by Crippen LogP contribution is 2.31. The molecule has 0 aliphatic heterocycles. The summed E-state index contributed by atoms with van der Waals surface area (Å²) in [5.41, 5.74) is 3.97. The van der Waals surface area contributed by atoms with Crippen LogP contribution in [0.4, 0.5) is 13.2 Å². The van der Waals surface area contributed by atoms with Gasteiger partial charge in [-0.1, -0.05) is 41.6 Å². The smallest absolute Gasteiger partial charge is 0.312 e. The number of nitrogens with one attached hydrogen (secondary N) is 1. The maximum Gasteiger partial charge on any atom is 0.416 e. The van der Waals surface area contributed by atoms with Crippen LogP contribution in [0.2, 0.25) is 5.15 Å². The number of aromatic nitrogens is 5. The molecular formula is C23H19ClF3N7OS. The minimum Gasteiger partial charge on any atom is -0.312 e. The van der Waals surface area contributed by atoms with Gasteiger partial charge in [0, 0.05) is 18.4 Å². The van der Waals surface area contributed by atoms with E-state index in [2.05, 4.69) is 25.8 Å². The molecule has 0 saturated heterocycles. The highest BCUT2D eigenvalue weighted by Gasteiger charge is 2.30. The van der Waals surface area contributed by atoms with E-state index in [4.69, 9.17) is 11.6 Å². The molecular weight excluding hydrogens is 515 g/mol. The lowest BCUT2D eigenvalue weighted by molar-refractivity contribution is -0.137. The van der Waals surface area contributed by atoms with Gasteiger partial charge in [-0.2, -0.15) is 23.4 Å². The first-order valence-corrected chi connectivity index (χ1v) is 11.8. The number of nitrogens with zero attached hydrogens (tertiary/aromatic N) is 6. The Kier molecular flexibility index (Phi) is 7.45. The van der Waals surface area contributed by atoms with Gasteiger partial charge < -0.3 is 4.57 Å². The number of thioether (sulfide) groups is 1. The van der Waals surface area contributed by atoms with Crippen molar-refractivity contribution in [2.45, 2.75) is 24.0 Å². The molecule has 0 radical (unpaired) electrons. The quantitative estimate of drug-likeness (QED) is 0.204. The lowest BCUT2D eigenvalue weighted by atomic mass is 10.1. The zero-order chi connectivity index (χ0) is 25.9. The number of carbonyl (C=O) groups is 1. The van der Waals surface area contributed by atoms with E-state index in [0.29, 0.717) is 22.6 Å². The van der Waals surface area contributed by atoms with Crippen molar-refractivity contribution in [3.63, 3.8) is 0 Å². The van der Waals surface area contributed by atoms with Crippen molar-refractivity contribution < 1.29 is 18.0 Å². The number of halogens is 4. The average Bonchev–Trinajstić information content (AvgIpc) is 3.39. The Morgan fingerprint density at radius 3 is 2.64 bits per heavy atom. The molecule has 4 rings (SSSR count). The predicted molar refractivity (Wildman–Crippen MR) is 130 cm³/mol. The number of hydrogen-bond donors (Lipinski definition) is 1. The summed E-state index contributed by atoms with van der Waals surface area (Å²) in [4.78, 5) is 12.5. The Bertz CT molecular complexity index is 1410. The SMILES string of the molecule is Cc1nn(-c2cccc(C(F)(F)F)c2)c(Cl)c1C=NNC(=O)c1ccc(CSc2nncn2C)cc1. The van der Waals surface area contributed by atoms with Crippen LogP contribution in [-0.2, 0) is 19.0 Å². The van der Waals surface area contributed by atoms with Crippen molar-refractivity contribution in [2.24, 2.45) is 12.1 Å². The third-order valence-electron chi connectivity index (χ3n) is 5.08. The van der Waals surface area contributed by atoms with Gasteiger partial charge in [0.05, 0.1) is 28.7 Å². The van der Waals surface area contributed by atoms with Crippen molar-refractivity contribution in [2.75, 3.05) is 0 Å². The highest BCUT2D eigenvalue weighted by molar-refractivity contribution is 7.98. The fourth-order valence-electron chi connectivity index (χ4n) is 3.17. The van der Waals surface area contributed by atoms with E-state index in [1.165, 1.54) is 34.8 Å². The molecule has 0 aliphatic carbocycles. The standard InChI is InChI=1S/C23H19ClF3N7OS/c1-14-19(20(24)34(32-14)18-5-3-4-17(10-18)23(25,26)27)11-28-30-21(35)16-8-6-15(7-9-16)12-36-22-31-29-13-33(22)2/h3-11,13H,12H2,1-2H3,(H,30,35). The Morgan fingerprint density at radius 1 is 1.22 bits per heavy atom. The molecule has 186 valence electrons.